The van der Waals surface area contributed by atoms with E-state index in [2.05, 4.69) is 20.2 Å². The third kappa shape index (κ3) is 2.80. The van der Waals surface area contributed by atoms with E-state index in [0.29, 0.717) is 5.69 Å². The predicted molar refractivity (Wildman–Crippen MR) is 63.1 cm³/mol. The topological polar surface area (TPSA) is 128 Å². The molecule has 0 saturated heterocycles. The molecule has 2 aromatic rings. The number of nitrogens with zero attached hydrogens (tertiary/aromatic N) is 3. The van der Waals surface area contributed by atoms with Gasteiger partial charge in [0.1, 0.15) is 0 Å². The molecular formula is C11H8N4O4. The zero-order chi connectivity index (χ0) is 13.8. The molecule has 8 heteroatoms. The van der Waals surface area contributed by atoms with Gasteiger partial charge >= 0.3 is 11.9 Å². The summed E-state index contributed by atoms with van der Waals surface area (Å²) < 4.78 is 0. The van der Waals surface area contributed by atoms with E-state index in [-0.39, 0.29) is 5.95 Å². The van der Waals surface area contributed by atoms with E-state index in [4.69, 9.17) is 10.2 Å². The standard InChI is InChI=1S/C11H8N4O4/c16-9(17)7-8(10(18)19)13-11(12-7)15-14-6-4-2-1-3-5-6/h1-5H,(H,12,13)(H,16,17)(H,18,19). The number of imidazole rings is 1. The molecule has 1 aromatic heterocycles. The van der Waals surface area contributed by atoms with Gasteiger partial charge in [0.25, 0.3) is 0 Å². The maximum atomic E-state index is 10.8. The van der Waals surface area contributed by atoms with Gasteiger partial charge in [-0.2, -0.15) is 0 Å². The van der Waals surface area contributed by atoms with Gasteiger partial charge in [0, 0.05) is 0 Å². The molecule has 0 aliphatic heterocycles. The van der Waals surface area contributed by atoms with E-state index in [9.17, 15) is 9.59 Å². The Morgan fingerprint density at radius 3 is 2.26 bits per heavy atom. The molecule has 0 bridgehead atoms. The van der Waals surface area contributed by atoms with Gasteiger partial charge in [-0.3, -0.25) is 0 Å². The number of carboxylic acid groups (broad SMARTS) is 2. The van der Waals surface area contributed by atoms with E-state index < -0.39 is 23.3 Å². The molecule has 0 saturated carbocycles. The number of H-pyrrole nitrogens is 1. The first-order valence-corrected chi connectivity index (χ1v) is 5.11. The van der Waals surface area contributed by atoms with Crippen LogP contribution in [0.25, 0.3) is 0 Å². The Bertz CT molecular complexity index is 616. The van der Waals surface area contributed by atoms with Crippen molar-refractivity contribution in [3.63, 3.8) is 0 Å². The van der Waals surface area contributed by atoms with E-state index in [1.807, 2.05) is 0 Å². The molecule has 0 unspecified atom stereocenters. The largest absolute Gasteiger partial charge is 0.477 e. The number of benzene rings is 1. The van der Waals surface area contributed by atoms with Crippen molar-refractivity contribution in [1.29, 1.82) is 0 Å². The van der Waals surface area contributed by atoms with Gasteiger partial charge in [-0.25, -0.2) is 14.6 Å². The van der Waals surface area contributed by atoms with E-state index in [1.54, 1.807) is 30.3 Å². The first kappa shape index (κ1) is 12.4. The fourth-order valence-electron chi connectivity index (χ4n) is 1.32. The number of carbonyl (C=O) groups is 2. The summed E-state index contributed by atoms with van der Waals surface area (Å²) in [5.74, 6) is -3.06. The van der Waals surface area contributed by atoms with E-state index in [0.717, 1.165) is 0 Å². The molecule has 19 heavy (non-hydrogen) atoms. The summed E-state index contributed by atoms with van der Waals surface area (Å²) in [6.45, 7) is 0. The molecule has 0 radical (unpaired) electrons. The molecular weight excluding hydrogens is 252 g/mol. The van der Waals surface area contributed by atoms with Crippen molar-refractivity contribution in [3.8, 4) is 0 Å². The smallest absolute Gasteiger partial charge is 0.357 e. The fraction of sp³-hybridized carbons (Fsp3) is 0. The number of hydrogen-bond acceptors (Lipinski definition) is 5. The van der Waals surface area contributed by atoms with Gasteiger partial charge in [-0.1, -0.05) is 18.2 Å². The zero-order valence-corrected chi connectivity index (χ0v) is 9.44. The van der Waals surface area contributed by atoms with Crippen LogP contribution in [-0.4, -0.2) is 32.1 Å². The molecule has 2 rings (SSSR count). The van der Waals surface area contributed by atoms with Crippen LogP contribution in [-0.2, 0) is 0 Å². The molecule has 1 heterocycles. The molecule has 1 aromatic carbocycles. The molecule has 0 atom stereocenters. The maximum Gasteiger partial charge on any atom is 0.357 e. The Balaban J connectivity index is 2.32. The minimum atomic E-state index is -1.45. The average Bonchev–Trinajstić information content (AvgIpc) is 2.82. The highest BCUT2D eigenvalue weighted by Crippen LogP contribution is 2.17. The van der Waals surface area contributed by atoms with Crippen LogP contribution in [0, 0.1) is 0 Å². The van der Waals surface area contributed by atoms with Crippen molar-refractivity contribution in [2.45, 2.75) is 0 Å². The summed E-state index contributed by atoms with van der Waals surface area (Å²) in [6, 6.07) is 8.67. The average molecular weight is 260 g/mol. The van der Waals surface area contributed by atoms with Gasteiger partial charge in [0.15, 0.2) is 11.4 Å². The van der Waals surface area contributed by atoms with Crippen molar-refractivity contribution in [3.05, 3.63) is 41.7 Å². The van der Waals surface area contributed by atoms with E-state index in [1.165, 1.54) is 0 Å². The highest BCUT2D eigenvalue weighted by Gasteiger charge is 2.21. The second-order valence-corrected chi connectivity index (χ2v) is 3.43. The van der Waals surface area contributed by atoms with Crippen molar-refractivity contribution < 1.29 is 19.8 Å². The third-order valence-corrected chi connectivity index (χ3v) is 2.12. The van der Waals surface area contributed by atoms with Gasteiger partial charge in [-0.15, -0.1) is 10.2 Å². The Kier molecular flexibility index (Phi) is 3.33. The zero-order valence-electron chi connectivity index (χ0n) is 9.44. The minimum absolute atomic E-state index is 0.182. The van der Waals surface area contributed by atoms with Crippen LogP contribution in [0.3, 0.4) is 0 Å². The van der Waals surface area contributed by atoms with Crippen LogP contribution in [0.4, 0.5) is 11.6 Å². The summed E-state index contributed by atoms with van der Waals surface area (Å²) >= 11 is 0. The molecule has 8 nitrogen and oxygen atoms in total. The van der Waals surface area contributed by atoms with Crippen LogP contribution in [0.2, 0.25) is 0 Å². The molecule has 3 N–H and O–H groups in total. The summed E-state index contributed by atoms with van der Waals surface area (Å²) in [6.07, 6.45) is 0. The van der Waals surface area contributed by atoms with Crippen LogP contribution in [0.15, 0.2) is 40.6 Å². The second-order valence-electron chi connectivity index (χ2n) is 3.43. The number of aromatic carboxylic acids is 2. The lowest BCUT2D eigenvalue weighted by Crippen LogP contribution is -2.07. The number of aromatic amines is 1. The number of azo groups is 1. The number of rotatable bonds is 4. The van der Waals surface area contributed by atoms with Gasteiger partial charge < -0.3 is 15.2 Å². The van der Waals surface area contributed by atoms with Crippen LogP contribution in [0.5, 0.6) is 0 Å². The predicted octanol–water partition coefficient (Wildman–Crippen LogP) is 2.22. The molecule has 0 aliphatic rings. The van der Waals surface area contributed by atoms with Crippen molar-refractivity contribution in [2.24, 2.45) is 10.2 Å². The summed E-state index contributed by atoms with van der Waals surface area (Å²) in [4.78, 5) is 27.4. The number of aromatic nitrogens is 2. The normalized spacial score (nSPS) is 10.7. The quantitative estimate of drug-likeness (QED) is 0.726. The van der Waals surface area contributed by atoms with E-state index >= 15 is 0 Å². The maximum absolute atomic E-state index is 10.8. The number of carboxylic acids is 2. The molecule has 0 aliphatic carbocycles. The van der Waals surface area contributed by atoms with Gasteiger partial charge in [0.2, 0.25) is 5.95 Å². The third-order valence-electron chi connectivity index (χ3n) is 2.12. The first-order valence-electron chi connectivity index (χ1n) is 5.11. The highest BCUT2D eigenvalue weighted by atomic mass is 16.4. The monoisotopic (exact) mass is 260 g/mol. The Morgan fingerprint density at radius 2 is 1.74 bits per heavy atom. The SMILES string of the molecule is O=C(O)c1nc(N=Nc2ccccc2)[nH]c1C(=O)O. The summed E-state index contributed by atoms with van der Waals surface area (Å²) in [5, 5.41) is 25.1. The van der Waals surface area contributed by atoms with Crippen molar-refractivity contribution in [1.82, 2.24) is 9.97 Å². The Morgan fingerprint density at radius 1 is 1.05 bits per heavy atom. The van der Waals surface area contributed by atoms with Gasteiger partial charge in [0.05, 0.1) is 5.69 Å². The van der Waals surface area contributed by atoms with Crippen molar-refractivity contribution in [2.75, 3.05) is 0 Å². The number of nitrogens with one attached hydrogen (secondary N) is 1. The molecule has 96 valence electrons. The van der Waals surface area contributed by atoms with Crippen LogP contribution >= 0.6 is 0 Å². The lowest BCUT2D eigenvalue weighted by molar-refractivity contribution is 0.0644. The van der Waals surface area contributed by atoms with Crippen molar-refractivity contribution >= 4 is 23.6 Å². The summed E-state index contributed by atoms with van der Waals surface area (Å²) in [5.41, 5.74) is -0.600. The minimum Gasteiger partial charge on any atom is -0.477 e. The van der Waals surface area contributed by atoms with Gasteiger partial charge in [-0.05, 0) is 12.1 Å². The lowest BCUT2D eigenvalue weighted by atomic mass is 10.3. The molecule has 0 fully saturated rings. The Hall–Kier alpha value is -3.03. The lowest BCUT2D eigenvalue weighted by Gasteiger charge is -1.88. The molecule has 0 spiro atoms. The Labute approximate surface area is 106 Å². The second kappa shape index (κ2) is 5.08. The highest BCUT2D eigenvalue weighted by molar-refractivity contribution is 5.99. The molecule has 0 amide bonds. The van der Waals surface area contributed by atoms with Crippen LogP contribution in [0.1, 0.15) is 21.0 Å². The first-order chi connectivity index (χ1) is 9.08. The summed E-state index contributed by atoms with van der Waals surface area (Å²) in [7, 11) is 0. The van der Waals surface area contributed by atoms with Crippen LogP contribution < -0.4 is 0 Å². The number of hydrogen-bond donors (Lipinski definition) is 3. The fourth-order valence-corrected chi connectivity index (χ4v) is 1.32.